The highest BCUT2D eigenvalue weighted by atomic mass is 16.2. The molecule has 8 nitrogen and oxygen atoms in total. The molecule has 160 valence electrons. The van der Waals surface area contributed by atoms with Crippen LogP contribution in [-0.4, -0.2) is 70.7 Å². The van der Waals surface area contributed by atoms with Gasteiger partial charge in [0.25, 0.3) is 0 Å². The van der Waals surface area contributed by atoms with E-state index < -0.39 is 6.04 Å². The Morgan fingerprint density at radius 2 is 1.93 bits per heavy atom. The van der Waals surface area contributed by atoms with Crippen LogP contribution in [0.2, 0.25) is 0 Å². The molecule has 1 aromatic heterocycles. The number of hydrogen-bond acceptors (Lipinski definition) is 5. The number of rotatable bonds is 6. The number of aromatic nitrogens is 2. The van der Waals surface area contributed by atoms with Crippen molar-refractivity contribution in [2.45, 2.75) is 37.9 Å². The van der Waals surface area contributed by atoms with Crippen LogP contribution in [-0.2, 0) is 16.1 Å². The second-order valence-electron chi connectivity index (χ2n) is 8.21. The molecule has 1 aromatic carbocycles. The van der Waals surface area contributed by atoms with Crippen molar-refractivity contribution < 1.29 is 9.59 Å². The molecule has 0 saturated carbocycles. The highest BCUT2D eigenvalue weighted by molar-refractivity contribution is 5.95. The van der Waals surface area contributed by atoms with Crippen LogP contribution in [0.25, 0.3) is 0 Å². The largest absolute Gasteiger partial charge is 0.353 e. The zero-order chi connectivity index (χ0) is 20.9. The fourth-order valence-electron chi connectivity index (χ4n) is 4.30. The predicted molar refractivity (Wildman–Crippen MR) is 115 cm³/mol. The topological polar surface area (TPSA) is 82.5 Å². The van der Waals surface area contributed by atoms with E-state index in [-0.39, 0.29) is 18.2 Å². The van der Waals surface area contributed by atoms with Gasteiger partial charge in [-0.05, 0) is 38.5 Å². The van der Waals surface area contributed by atoms with Crippen molar-refractivity contribution >= 4 is 17.6 Å². The molecule has 0 aliphatic carbocycles. The average Bonchev–Trinajstić information content (AvgIpc) is 3.20. The Morgan fingerprint density at radius 3 is 2.70 bits per heavy atom. The molecule has 30 heavy (non-hydrogen) atoms. The molecule has 3 heterocycles. The zero-order valence-electron chi connectivity index (χ0n) is 17.5. The molecule has 0 spiro atoms. The van der Waals surface area contributed by atoms with Crippen molar-refractivity contribution in [1.82, 2.24) is 24.9 Å². The van der Waals surface area contributed by atoms with Gasteiger partial charge in [-0.25, -0.2) is 4.68 Å². The third kappa shape index (κ3) is 4.88. The lowest BCUT2D eigenvalue weighted by Crippen LogP contribution is -2.55. The van der Waals surface area contributed by atoms with Gasteiger partial charge in [-0.15, -0.1) is 0 Å². The summed E-state index contributed by atoms with van der Waals surface area (Å²) in [5, 5.41) is 10.3. The zero-order valence-corrected chi connectivity index (χ0v) is 17.5. The normalized spacial score (nSPS) is 21.4. The first kappa shape index (κ1) is 20.6. The molecule has 1 unspecified atom stereocenters. The van der Waals surface area contributed by atoms with Crippen molar-refractivity contribution in [1.29, 1.82) is 0 Å². The fourth-order valence-corrected chi connectivity index (χ4v) is 4.30. The van der Waals surface area contributed by atoms with Gasteiger partial charge in [-0.2, -0.15) is 5.10 Å². The second kappa shape index (κ2) is 9.40. The SMILES string of the molecule is CN1CCC(n2nccc2NC(=O)CC2C(=O)NCCN2Cc2ccccc2)CC1. The monoisotopic (exact) mass is 410 g/mol. The van der Waals surface area contributed by atoms with Crippen LogP contribution < -0.4 is 10.6 Å². The standard InChI is InChI=1S/C22H30N6O2/c1-26-12-8-18(9-13-26)28-20(7-10-24-28)25-21(29)15-19-22(30)23-11-14-27(19)16-17-5-3-2-4-6-17/h2-7,10,18-19H,8-9,11-16H2,1H3,(H,23,30)(H,25,29). The number of carbonyl (C=O) groups excluding carboxylic acids is 2. The molecule has 0 radical (unpaired) electrons. The minimum absolute atomic E-state index is 0.0869. The average molecular weight is 411 g/mol. The highest BCUT2D eigenvalue weighted by Gasteiger charge is 2.32. The maximum absolute atomic E-state index is 12.8. The van der Waals surface area contributed by atoms with E-state index in [1.54, 1.807) is 6.20 Å². The summed E-state index contributed by atoms with van der Waals surface area (Å²) in [6.07, 6.45) is 3.87. The molecule has 8 heteroatoms. The number of nitrogens with one attached hydrogen (secondary N) is 2. The Morgan fingerprint density at radius 1 is 1.17 bits per heavy atom. The van der Waals surface area contributed by atoms with Gasteiger partial charge in [0.15, 0.2) is 0 Å². The molecule has 2 aliphatic heterocycles. The van der Waals surface area contributed by atoms with Crippen molar-refractivity contribution in [3.63, 3.8) is 0 Å². The maximum Gasteiger partial charge on any atom is 0.237 e. The van der Waals surface area contributed by atoms with Crippen LogP contribution in [0.1, 0.15) is 30.9 Å². The summed E-state index contributed by atoms with van der Waals surface area (Å²) < 4.78 is 1.92. The van der Waals surface area contributed by atoms with E-state index in [4.69, 9.17) is 0 Å². The fraction of sp³-hybridized carbons (Fsp3) is 0.500. The minimum atomic E-state index is -0.473. The number of piperidine rings is 1. The number of nitrogens with zero attached hydrogens (tertiary/aromatic N) is 4. The second-order valence-corrected chi connectivity index (χ2v) is 8.21. The molecule has 2 N–H and O–H groups in total. The summed E-state index contributed by atoms with van der Waals surface area (Å²) in [5.74, 6) is 0.460. The summed E-state index contributed by atoms with van der Waals surface area (Å²) in [6.45, 7) is 4.03. The Bertz CT molecular complexity index is 860. The smallest absolute Gasteiger partial charge is 0.237 e. The Labute approximate surface area is 177 Å². The number of likely N-dealkylation sites (tertiary alicyclic amines) is 1. The number of anilines is 1. The summed E-state index contributed by atoms with van der Waals surface area (Å²) in [5.41, 5.74) is 1.14. The van der Waals surface area contributed by atoms with Crippen LogP contribution >= 0.6 is 0 Å². The third-order valence-electron chi connectivity index (χ3n) is 6.02. The van der Waals surface area contributed by atoms with Gasteiger partial charge in [0, 0.05) is 25.7 Å². The van der Waals surface area contributed by atoms with E-state index >= 15 is 0 Å². The van der Waals surface area contributed by atoms with E-state index in [9.17, 15) is 9.59 Å². The molecular formula is C22H30N6O2. The molecule has 2 aromatic rings. The van der Waals surface area contributed by atoms with Gasteiger partial charge >= 0.3 is 0 Å². The van der Waals surface area contributed by atoms with Crippen LogP contribution in [0, 0.1) is 0 Å². The van der Waals surface area contributed by atoms with Crippen molar-refractivity contribution in [3.8, 4) is 0 Å². The predicted octanol–water partition coefficient (Wildman–Crippen LogP) is 1.48. The first-order valence-electron chi connectivity index (χ1n) is 10.7. The summed E-state index contributed by atoms with van der Waals surface area (Å²) >= 11 is 0. The van der Waals surface area contributed by atoms with Gasteiger partial charge in [-0.1, -0.05) is 30.3 Å². The molecule has 2 fully saturated rings. The maximum atomic E-state index is 12.8. The lowest BCUT2D eigenvalue weighted by Gasteiger charge is -2.34. The van der Waals surface area contributed by atoms with E-state index in [0.717, 1.165) is 38.0 Å². The molecule has 2 amide bonds. The van der Waals surface area contributed by atoms with Crippen molar-refractivity contribution in [3.05, 3.63) is 48.2 Å². The van der Waals surface area contributed by atoms with Crippen LogP contribution in [0.4, 0.5) is 5.82 Å². The van der Waals surface area contributed by atoms with Gasteiger partial charge in [0.2, 0.25) is 11.8 Å². The molecule has 2 aliphatic rings. The van der Waals surface area contributed by atoms with E-state index in [1.807, 2.05) is 41.1 Å². The van der Waals surface area contributed by atoms with Crippen LogP contribution in [0.3, 0.4) is 0 Å². The number of amides is 2. The molecular weight excluding hydrogens is 380 g/mol. The van der Waals surface area contributed by atoms with Crippen molar-refractivity contribution in [2.24, 2.45) is 0 Å². The quantitative estimate of drug-likeness (QED) is 0.754. The molecule has 2 saturated heterocycles. The summed E-state index contributed by atoms with van der Waals surface area (Å²) in [4.78, 5) is 29.8. The number of carbonyl (C=O) groups is 2. The van der Waals surface area contributed by atoms with E-state index in [1.165, 1.54) is 0 Å². The number of piperazine rings is 1. The molecule has 4 rings (SSSR count). The van der Waals surface area contributed by atoms with E-state index in [2.05, 4.69) is 32.6 Å². The van der Waals surface area contributed by atoms with Gasteiger partial charge in [0.1, 0.15) is 5.82 Å². The lowest BCUT2D eigenvalue weighted by atomic mass is 10.1. The van der Waals surface area contributed by atoms with E-state index in [0.29, 0.717) is 24.9 Å². The van der Waals surface area contributed by atoms with Gasteiger partial charge in [-0.3, -0.25) is 14.5 Å². The minimum Gasteiger partial charge on any atom is -0.353 e. The number of hydrogen-bond donors (Lipinski definition) is 2. The summed E-state index contributed by atoms with van der Waals surface area (Å²) in [6, 6.07) is 11.7. The van der Waals surface area contributed by atoms with Crippen LogP contribution in [0.5, 0.6) is 0 Å². The highest BCUT2D eigenvalue weighted by Crippen LogP contribution is 2.25. The van der Waals surface area contributed by atoms with Crippen LogP contribution in [0.15, 0.2) is 42.6 Å². The van der Waals surface area contributed by atoms with Crippen molar-refractivity contribution in [2.75, 3.05) is 38.5 Å². The Balaban J connectivity index is 1.40. The Hall–Kier alpha value is -2.71. The van der Waals surface area contributed by atoms with Gasteiger partial charge in [0.05, 0.1) is 24.7 Å². The van der Waals surface area contributed by atoms with Gasteiger partial charge < -0.3 is 15.5 Å². The first-order chi connectivity index (χ1) is 14.6. The summed E-state index contributed by atoms with van der Waals surface area (Å²) in [7, 11) is 2.12. The first-order valence-corrected chi connectivity index (χ1v) is 10.7. The Kier molecular flexibility index (Phi) is 6.44. The molecule has 0 bridgehead atoms. The lowest BCUT2D eigenvalue weighted by molar-refractivity contribution is -0.132. The molecule has 1 atom stereocenters. The third-order valence-corrected chi connectivity index (χ3v) is 6.02. The number of benzene rings is 1.